The van der Waals surface area contributed by atoms with Crippen LogP contribution in [-0.2, 0) is 12.8 Å². The van der Waals surface area contributed by atoms with Gasteiger partial charge in [-0.05, 0) is 29.8 Å². The van der Waals surface area contributed by atoms with Crippen molar-refractivity contribution in [2.75, 3.05) is 5.43 Å². The highest BCUT2D eigenvalue weighted by Gasteiger charge is 2.30. The molecular weight excluding hydrogens is 355 g/mol. The fourth-order valence-corrected chi connectivity index (χ4v) is 2.25. The van der Waals surface area contributed by atoms with Gasteiger partial charge in [0.1, 0.15) is 18.2 Å². The van der Waals surface area contributed by atoms with E-state index in [1.165, 1.54) is 12.3 Å². The van der Waals surface area contributed by atoms with Crippen LogP contribution in [0.3, 0.4) is 0 Å². The Morgan fingerprint density at radius 3 is 2.41 bits per heavy atom. The highest BCUT2D eigenvalue weighted by molar-refractivity contribution is 5.83. The minimum Gasteiger partial charge on any atom is -0.488 e. The Morgan fingerprint density at radius 2 is 1.70 bits per heavy atom. The monoisotopic (exact) mass is 371 g/mol. The van der Waals surface area contributed by atoms with Gasteiger partial charge in [0.05, 0.1) is 11.8 Å². The molecule has 4 nitrogen and oxygen atoms in total. The molecule has 0 atom stereocenters. The van der Waals surface area contributed by atoms with Gasteiger partial charge in [0, 0.05) is 11.8 Å². The number of hydrazone groups is 1. The van der Waals surface area contributed by atoms with Crippen LogP contribution in [0.1, 0.15) is 16.7 Å². The van der Waals surface area contributed by atoms with Crippen molar-refractivity contribution in [2.45, 2.75) is 12.8 Å². The number of nitrogens with one attached hydrogen (secondary N) is 1. The standard InChI is InChI=1S/C20H16F3N3O/c21-20(22,23)17-10-11-19(24-13-17)26-25-12-16-8-4-5-9-18(16)27-14-15-6-2-1-3-7-15/h1-13H,14H2,(H,24,26)/b25-12+. The largest absolute Gasteiger partial charge is 0.488 e. The molecule has 0 spiro atoms. The van der Waals surface area contributed by atoms with Crippen LogP contribution in [0.2, 0.25) is 0 Å². The predicted molar refractivity (Wildman–Crippen MR) is 97.7 cm³/mol. The summed E-state index contributed by atoms with van der Waals surface area (Å²) in [4.78, 5) is 3.70. The molecule has 0 unspecified atom stereocenters. The van der Waals surface area contributed by atoms with Crippen molar-refractivity contribution >= 4 is 12.0 Å². The van der Waals surface area contributed by atoms with Gasteiger partial charge in [0.2, 0.25) is 0 Å². The minimum atomic E-state index is -4.41. The third-order valence-corrected chi connectivity index (χ3v) is 3.63. The number of alkyl halides is 3. The zero-order valence-electron chi connectivity index (χ0n) is 14.1. The van der Waals surface area contributed by atoms with Crippen LogP contribution in [0.15, 0.2) is 78.0 Å². The van der Waals surface area contributed by atoms with E-state index < -0.39 is 11.7 Å². The molecule has 3 rings (SSSR count). The Labute approximate surface area is 154 Å². The molecule has 1 heterocycles. The van der Waals surface area contributed by atoms with Crippen molar-refractivity contribution in [3.8, 4) is 5.75 Å². The first-order valence-electron chi connectivity index (χ1n) is 8.10. The predicted octanol–water partition coefficient (Wildman–Crippen LogP) is 5.13. The van der Waals surface area contributed by atoms with Gasteiger partial charge >= 0.3 is 6.18 Å². The number of rotatable bonds is 6. The average Bonchev–Trinajstić information content (AvgIpc) is 2.68. The van der Waals surface area contributed by atoms with Crippen molar-refractivity contribution in [1.29, 1.82) is 0 Å². The van der Waals surface area contributed by atoms with E-state index in [0.29, 0.717) is 12.4 Å². The van der Waals surface area contributed by atoms with Crippen molar-refractivity contribution in [3.63, 3.8) is 0 Å². The summed E-state index contributed by atoms with van der Waals surface area (Å²) in [6.07, 6.45) is -2.13. The third kappa shape index (κ3) is 5.31. The van der Waals surface area contributed by atoms with Gasteiger partial charge in [-0.2, -0.15) is 18.3 Å². The van der Waals surface area contributed by atoms with Crippen molar-refractivity contribution in [2.24, 2.45) is 5.10 Å². The van der Waals surface area contributed by atoms with E-state index in [0.717, 1.165) is 23.4 Å². The lowest BCUT2D eigenvalue weighted by atomic mass is 10.2. The van der Waals surface area contributed by atoms with Crippen LogP contribution in [0.4, 0.5) is 19.0 Å². The van der Waals surface area contributed by atoms with E-state index >= 15 is 0 Å². The summed E-state index contributed by atoms with van der Waals surface area (Å²) >= 11 is 0. The second-order valence-corrected chi connectivity index (χ2v) is 5.61. The topological polar surface area (TPSA) is 46.5 Å². The number of para-hydroxylation sites is 1. The first-order chi connectivity index (χ1) is 13.0. The Hall–Kier alpha value is -3.35. The minimum absolute atomic E-state index is 0.210. The number of pyridine rings is 1. The number of ether oxygens (including phenoxy) is 1. The van der Waals surface area contributed by atoms with Gasteiger partial charge < -0.3 is 4.74 Å². The SMILES string of the molecule is FC(F)(F)c1ccc(N/N=C/c2ccccc2OCc2ccccc2)nc1. The fourth-order valence-electron chi connectivity index (χ4n) is 2.25. The molecule has 3 aromatic rings. The summed E-state index contributed by atoms with van der Waals surface area (Å²) in [5.41, 5.74) is 3.57. The number of benzene rings is 2. The lowest BCUT2D eigenvalue weighted by Gasteiger charge is -2.09. The Morgan fingerprint density at radius 1 is 0.963 bits per heavy atom. The molecule has 0 fully saturated rings. The quantitative estimate of drug-likeness (QED) is 0.483. The molecule has 2 aromatic carbocycles. The highest BCUT2D eigenvalue weighted by atomic mass is 19.4. The zero-order chi connectivity index (χ0) is 19.1. The summed E-state index contributed by atoms with van der Waals surface area (Å²) in [5.74, 6) is 0.856. The zero-order valence-corrected chi connectivity index (χ0v) is 14.1. The number of hydrogen-bond donors (Lipinski definition) is 1. The van der Waals surface area contributed by atoms with Gasteiger partial charge in [-0.1, -0.05) is 42.5 Å². The molecule has 0 bridgehead atoms. The molecule has 7 heteroatoms. The van der Waals surface area contributed by atoms with E-state index in [1.54, 1.807) is 0 Å². The lowest BCUT2D eigenvalue weighted by molar-refractivity contribution is -0.137. The van der Waals surface area contributed by atoms with E-state index in [2.05, 4.69) is 15.5 Å². The van der Waals surface area contributed by atoms with E-state index in [-0.39, 0.29) is 5.82 Å². The van der Waals surface area contributed by atoms with Crippen LogP contribution in [-0.4, -0.2) is 11.2 Å². The van der Waals surface area contributed by atoms with Gasteiger partial charge in [0.25, 0.3) is 0 Å². The summed E-state index contributed by atoms with van der Waals surface area (Å²) in [6, 6.07) is 19.2. The van der Waals surface area contributed by atoms with E-state index in [4.69, 9.17) is 4.74 Å². The molecule has 0 aliphatic carbocycles. The maximum atomic E-state index is 12.5. The summed E-state index contributed by atoms with van der Waals surface area (Å²) in [6.45, 7) is 0.416. The molecule has 0 aliphatic rings. The van der Waals surface area contributed by atoms with Crippen LogP contribution in [0.25, 0.3) is 0 Å². The molecule has 1 aromatic heterocycles. The molecule has 27 heavy (non-hydrogen) atoms. The smallest absolute Gasteiger partial charge is 0.417 e. The normalized spacial score (nSPS) is 11.5. The molecule has 138 valence electrons. The molecule has 0 amide bonds. The first kappa shape index (κ1) is 18.4. The number of aromatic nitrogens is 1. The summed E-state index contributed by atoms with van der Waals surface area (Å²) < 4.78 is 43.4. The maximum absolute atomic E-state index is 12.5. The Balaban J connectivity index is 1.63. The molecule has 0 radical (unpaired) electrons. The number of nitrogens with zero attached hydrogens (tertiary/aromatic N) is 2. The molecular formula is C20H16F3N3O. The fraction of sp³-hybridized carbons (Fsp3) is 0.100. The summed E-state index contributed by atoms with van der Waals surface area (Å²) in [5, 5.41) is 4.02. The lowest BCUT2D eigenvalue weighted by Crippen LogP contribution is -2.05. The third-order valence-electron chi connectivity index (χ3n) is 3.63. The van der Waals surface area contributed by atoms with Crippen molar-refractivity contribution < 1.29 is 17.9 Å². The Bertz CT molecular complexity index is 894. The van der Waals surface area contributed by atoms with Gasteiger partial charge in [-0.15, -0.1) is 0 Å². The van der Waals surface area contributed by atoms with Gasteiger partial charge in [-0.25, -0.2) is 4.98 Å². The van der Waals surface area contributed by atoms with Crippen molar-refractivity contribution in [3.05, 3.63) is 89.6 Å². The second kappa shape index (κ2) is 8.35. The summed E-state index contributed by atoms with van der Waals surface area (Å²) in [7, 11) is 0. The molecule has 0 saturated heterocycles. The van der Waals surface area contributed by atoms with E-state index in [1.807, 2.05) is 54.6 Å². The Kier molecular flexibility index (Phi) is 5.71. The first-order valence-corrected chi connectivity index (χ1v) is 8.10. The average molecular weight is 371 g/mol. The van der Waals surface area contributed by atoms with E-state index in [9.17, 15) is 13.2 Å². The van der Waals surface area contributed by atoms with Crippen LogP contribution in [0, 0.1) is 0 Å². The molecule has 0 saturated carbocycles. The second-order valence-electron chi connectivity index (χ2n) is 5.61. The number of hydrogen-bond acceptors (Lipinski definition) is 4. The molecule has 1 N–H and O–H groups in total. The number of anilines is 1. The van der Waals surface area contributed by atoms with Gasteiger partial charge in [0.15, 0.2) is 0 Å². The maximum Gasteiger partial charge on any atom is 0.417 e. The van der Waals surface area contributed by atoms with Crippen molar-refractivity contribution in [1.82, 2.24) is 4.98 Å². The van der Waals surface area contributed by atoms with Crippen LogP contribution in [0.5, 0.6) is 5.75 Å². The highest BCUT2D eigenvalue weighted by Crippen LogP contribution is 2.28. The van der Waals surface area contributed by atoms with Gasteiger partial charge in [-0.3, -0.25) is 5.43 Å². The number of halogens is 3. The van der Waals surface area contributed by atoms with Crippen LogP contribution >= 0.6 is 0 Å². The van der Waals surface area contributed by atoms with Crippen LogP contribution < -0.4 is 10.2 Å². The molecule has 0 aliphatic heterocycles.